The molecule has 2 aromatic heterocycles. The molecule has 0 unspecified atom stereocenters. The Labute approximate surface area is 138 Å². The molecule has 23 heavy (non-hydrogen) atoms. The Hall–Kier alpha value is -2.47. The van der Waals surface area contributed by atoms with Gasteiger partial charge in [-0.25, -0.2) is 0 Å². The molecule has 118 valence electrons. The third-order valence-corrected chi connectivity index (χ3v) is 4.37. The van der Waals surface area contributed by atoms with Gasteiger partial charge in [0.15, 0.2) is 5.82 Å². The van der Waals surface area contributed by atoms with Crippen LogP contribution in [0.15, 0.2) is 46.3 Å². The number of hydrogen-bond acceptors (Lipinski definition) is 5. The molecule has 0 aliphatic carbocycles. The summed E-state index contributed by atoms with van der Waals surface area (Å²) in [6, 6.07) is 11.6. The van der Waals surface area contributed by atoms with Crippen LogP contribution in [0.4, 0.5) is 0 Å². The zero-order valence-electron chi connectivity index (χ0n) is 13.0. The highest BCUT2D eigenvalue weighted by molar-refractivity contribution is 7.12. The van der Waals surface area contributed by atoms with E-state index in [0.717, 1.165) is 10.4 Å². The summed E-state index contributed by atoms with van der Waals surface area (Å²) in [5.41, 5.74) is 2.08. The average molecular weight is 327 g/mol. The quantitative estimate of drug-likeness (QED) is 0.720. The summed E-state index contributed by atoms with van der Waals surface area (Å²) >= 11 is 1.44. The number of thiophene rings is 1. The van der Waals surface area contributed by atoms with Crippen LogP contribution in [0.2, 0.25) is 0 Å². The second-order valence-corrected chi connectivity index (χ2v) is 6.28. The lowest BCUT2D eigenvalue weighted by molar-refractivity contribution is 0.0800. The lowest BCUT2D eigenvalue weighted by atomic mass is 10.1. The Morgan fingerprint density at radius 2 is 2.04 bits per heavy atom. The molecular weight excluding hydrogens is 310 g/mol. The largest absolute Gasteiger partial charge is 0.341 e. The number of carbonyl (C=O) groups excluding carboxylic acids is 1. The molecule has 3 rings (SSSR count). The molecular formula is C17H17N3O2S. The first-order chi connectivity index (χ1) is 11.1. The van der Waals surface area contributed by atoms with Gasteiger partial charge in [0.05, 0.1) is 4.88 Å². The van der Waals surface area contributed by atoms with Crippen LogP contribution in [-0.2, 0) is 6.42 Å². The fourth-order valence-electron chi connectivity index (χ4n) is 2.13. The summed E-state index contributed by atoms with van der Waals surface area (Å²) in [4.78, 5) is 19.0. The third kappa shape index (κ3) is 3.65. The Balaban J connectivity index is 1.61. The summed E-state index contributed by atoms with van der Waals surface area (Å²) < 4.78 is 5.29. The van der Waals surface area contributed by atoms with Gasteiger partial charge in [-0.05, 0) is 30.5 Å². The molecule has 0 saturated heterocycles. The van der Waals surface area contributed by atoms with E-state index in [-0.39, 0.29) is 5.91 Å². The summed E-state index contributed by atoms with van der Waals surface area (Å²) in [7, 11) is 1.78. The van der Waals surface area contributed by atoms with Crippen LogP contribution >= 0.6 is 11.3 Å². The van der Waals surface area contributed by atoms with E-state index in [4.69, 9.17) is 4.52 Å². The SMILES string of the molecule is Cc1ccc(-c2nc(CCN(C)C(=O)c3cccs3)no2)cc1. The molecule has 0 saturated carbocycles. The number of hydrogen-bond donors (Lipinski definition) is 0. The second kappa shape index (κ2) is 6.75. The lowest BCUT2D eigenvalue weighted by Gasteiger charge is -2.14. The maximum Gasteiger partial charge on any atom is 0.263 e. The van der Waals surface area contributed by atoms with Crippen LogP contribution in [0.3, 0.4) is 0 Å². The molecule has 1 aromatic carbocycles. The van der Waals surface area contributed by atoms with Crippen molar-refractivity contribution in [2.24, 2.45) is 0 Å². The highest BCUT2D eigenvalue weighted by Crippen LogP contribution is 2.18. The van der Waals surface area contributed by atoms with Gasteiger partial charge in [0.1, 0.15) is 0 Å². The molecule has 0 atom stereocenters. The van der Waals surface area contributed by atoms with E-state index in [0.29, 0.717) is 24.7 Å². The van der Waals surface area contributed by atoms with Crippen LogP contribution in [0.5, 0.6) is 0 Å². The molecule has 0 aliphatic rings. The first-order valence-electron chi connectivity index (χ1n) is 7.32. The summed E-state index contributed by atoms with van der Waals surface area (Å²) in [6.45, 7) is 2.58. The second-order valence-electron chi connectivity index (χ2n) is 5.34. The number of likely N-dealkylation sites (N-methyl/N-ethyl adjacent to an activating group) is 1. The topological polar surface area (TPSA) is 59.2 Å². The van der Waals surface area contributed by atoms with Crippen molar-refractivity contribution in [3.63, 3.8) is 0 Å². The van der Waals surface area contributed by atoms with Gasteiger partial charge in [0.2, 0.25) is 0 Å². The minimum absolute atomic E-state index is 0.0160. The van der Waals surface area contributed by atoms with Crippen molar-refractivity contribution in [3.05, 3.63) is 58.0 Å². The van der Waals surface area contributed by atoms with Crippen LogP contribution in [-0.4, -0.2) is 34.5 Å². The van der Waals surface area contributed by atoms with Crippen molar-refractivity contribution in [1.82, 2.24) is 15.0 Å². The number of nitrogens with zero attached hydrogens (tertiary/aromatic N) is 3. The molecule has 0 N–H and O–H groups in total. The van der Waals surface area contributed by atoms with Gasteiger partial charge in [-0.3, -0.25) is 4.79 Å². The number of rotatable bonds is 5. The average Bonchev–Trinajstić information content (AvgIpc) is 3.24. The van der Waals surface area contributed by atoms with E-state index >= 15 is 0 Å². The number of benzene rings is 1. The van der Waals surface area contributed by atoms with Gasteiger partial charge in [-0.2, -0.15) is 4.98 Å². The molecule has 5 nitrogen and oxygen atoms in total. The molecule has 0 bridgehead atoms. The van der Waals surface area contributed by atoms with Gasteiger partial charge in [-0.1, -0.05) is 28.9 Å². The number of amides is 1. The fraction of sp³-hybridized carbons (Fsp3) is 0.235. The third-order valence-electron chi connectivity index (χ3n) is 3.52. The van der Waals surface area contributed by atoms with Crippen molar-refractivity contribution in [3.8, 4) is 11.5 Å². The highest BCUT2D eigenvalue weighted by Gasteiger charge is 2.14. The van der Waals surface area contributed by atoms with Gasteiger partial charge in [-0.15, -0.1) is 11.3 Å². The zero-order chi connectivity index (χ0) is 16.2. The molecule has 1 amide bonds. The molecule has 0 fully saturated rings. The van der Waals surface area contributed by atoms with Gasteiger partial charge >= 0.3 is 0 Å². The van der Waals surface area contributed by atoms with Crippen LogP contribution < -0.4 is 0 Å². The highest BCUT2D eigenvalue weighted by atomic mass is 32.1. The van der Waals surface area contributed by atoms with Crippen molar-refractivity contribution < 1.29 is 9.32 Å². The molecule has 6 heteroatoms. The fourth-order valence-corrected chi connectivity index (χ4v) is 2.84. The predicted molar refractivity (Wildman–Crippen MR) is 89.5 cm³/mol. The van der Waals surface area contributed by atoms with Crippen molar-refractivity contribution in [2.45, 2.75) is 13.3 Å². The van der Waals surface area contributed by atoms with Crippen LogP contribution in [0, 0.1) is 6.92 Å². The maximum atomic E-state index is 12.2. The molecule has 3 aromatic rings. The summed E-state index contributed by atoms with van der Waals surface area (Å²) in [5.74, 6) is 1.13. The van der Waals surface area contributed by atoms with Crippen LogP contribution in [0.1, 0.15) is 21.1 Å². The Morgan fingerprint density at radius 3 is 2.74 bits per heavy atom. The molecule has 0 spiro atoms. The van der Waals surface area contributed by atoms with E-state index in [1.54, 1.807) is 11.9 Å². The van der Waals surface area contributed by atoms with E-state index in [1.165, 1.54) is 16.9 Å². The van der Waals surface area contributed by atoms with E-state index < -0.39 is 0 Å². The molecule has 0 aliphatic heterocycles. The summed E-state index contributed by atoms with van der Waals surface area (Å²) in [6.07, 6.45) is 0.559. The molecule has 0 radical (unpaired) electrons. The Morgan fingerprint density at radius 1 is 1.26 bits per heavy atom. The van der Waals surface area contributed by atoms with E-state index in [1.807, 2.05) is 48.7 Å². The van der Waals surface area contributed by atoms with Gasteiger partial charge < -0.3 is 9.42 Å². The van der Waals surface area contributed by atoms with Gasteiger partial charge in [0, 0.05) is 25.6 Å². The number of aromatic nitrogens is 2. The Bertz CT molecular complexity index is 779. The minimum Gasteiger partial charge on any atom is -0.341 e. The normalized spacial score (nSPS) is 10.7. The number of carbonyl (C=O) groups is 1. The first kappa shape index (κ1) is 15.4. The van der Waals surface area contributed by atoms with Gasteiger partial charge in [0.25, 0.3) is 11.8 Å². The van der Waals surface area contributed by atoms with Crippen molar-refractivity contribution >= 4 is 17.2 Å². The molecule has 2 heterocycles. The predicted octanol–water partition coefficient (Wildman–Crippen LogP) is 3.42. The lowest BCUT2D eigenvalue weighted by Crippen LogP contribution is -2.28. The maximum absolute atomic E-state index is 12.2. The van der Waals surface area contributed by atoms with Crippen LogP contribution in [0.25, 0.3) is 11.5 Å². The standard InChI is InChI=1S/C17H17N3O2S/c1-12-5-7-13(8-6-12)16-18-15(19-22-16)9-10-20(2)17(21)14-4-3-11-23-14/h3-8,11H,9-10H2,1-2H3. The summed E-state index contributed by atoms with van der Waals surface area (Å²) in [5, 5.41) is 5.88. The van der Waals surface area contributed by atoms with Crippen molar-refractivity contribution in [2.75, 3.05) is 13.6 Å². The van der Waals surface area contributed by atoms with Crippen molar-refractivity contribution in [1.29, 1.82) is 0 Å². The first-order valence-corrected chi connectivity index (χ1v) is 8.20. The smallest absolute Gasteiger partial charge is 0.263 e. The minimum atomic E-state index is 0.0160. The Kier molecular flexibility index (Phi) is 4.52. The zero-order valence-corrected chi connectivity index (χ0v) is 13.8. The monoisotopic (exact) mass is 327 g/mol. The number of aryl methyl sites for hydroxylation is 1. The van der Waals surface area contributed by atoms with E-state index in [2.05, 4.69) is 10.1 Å². The van der Waals surface area contributed by atoms with E-state index in [9.17, 15) is 4.79 Å².